The Labute approximate surface area is 120 Å². The molecule has 2 heteroatoms. The van der Waals surface area contributed by atoms with Crippen LogP contribution < -0.4 is 5.32 Å². The molecule has 2 aromatic rings. The third-order valence-electron chi connectivity index (χ3n) is 3.66. The number of hydrogen-bond donors (Lipinski definition) is 1. The van der Waals surface area contributed by atoms with Crippen LogP contribution in [0.3, 0.4) is 0 Å². The summed E-state index contributed by atoms with van der Waals surface area (Å²) in [5, 5.41) is 3.36. The molecule has 2 rings (SSSR count). The van der Waals surface area contributed by atoms with E-state index in [2.05, 4.69) is 43.4 Å². The molecule has 2 aromatic carbocycles. The molecule has 0 aliphatic rings. The normalized spacial score (nSPS) is 12.3. The molecule has 0 radical (unpaired) electrons. The maximum absolute atomic E-state index is 12.9. The predicted molar refractivity (Wildman–Crippen MR) is 83.4 cm³/mol. The van der Waals surface area contributed by atoms with Crippen molar-refractivity contribution in [3.8, 4) is 11.1 Å². The highest BCUT2D eigenvalue weighted by Crippen LogP contribution is 2.24. The van der Waals surface area contributed by atoms with Gasteiger partial charge in [-0.15, -0.1) is 0 Å². The lowest BCUT2D eigenvalue weighted by molar-refractivity contribution is 0.609. The van der Waals surface area contributed by atoms with Crippen molar-refractivity contribution in [2.75, 3.05) is 13.1 Å². The second kappa shape index (κ2) is 7.20. The molecular formula is C18H22FN. The van der Waals surface area contributed by atoms with Gasteiger partial charge in [0.2, 0.25) is 0 Å². The van der Waals surface area contributed by atoms with E-state index < -0.39 is 0 Å². The largest absolute Gasteiger partial charge is 0.317 e. The zero-order valence-corrected chi connectivity index (χ0v) is 12.2. The van der Waals surface area contributed by atoms with E-state index in [0.717, 1.165) is 30.6 Å². The summed E-state index contributed by atoms with van der Waals surface area (Å²) in [7, 11) is 0. The highest BCUT2D eigenvalue weighted by molar-refractivity contribution is 5.63. The van der Waals surface area contributed by atoms with E-state index in [1.54, 1.807) is 0 Å². The van der Waals surface area contributed by atoms with Crippen molar-refractivity contribution in [2.45, 2.75) is 26.2 Å². The van der Waals surface area contributed by atoms with Crippen LogP contribution in [0, 0.1) is 5.82 Å². The van der Waals surface area contributed by atoms with Crippen LogP contribution in [0.2, 0.25) is 0 Å². The van der Waals surface area contributed by atoms with Gasteiger partial charge in [0, 0.05) is 0 Å². The Morgan fingerprint density at radius 1 is 0.950 bits per heavy atom. The van der Waals surface area contributed by atoms with E-state index in [9.17, 15) is 4.39 Å². The molecule has 0 spiro atoms. The first-order valence-corrected chi connectivity index (χ1v) is 7.27. The second-order valence-corrected chi connectivity index (χ2v) is 5.17. The maximum Gasteiger partial charge on any atom is 0.123 e. The molecule has 20 heavy (non-hydrogen) atoms. The van der Waals surface area contributed by atoms with Crippen molar-refractivity contribution in [3.63, 3.8) is 0 Å². The summed E-state index contributed by atoms with van der Waals surface area (Å²) in [5.41, 5.74) is 3.54. The van der Waals surface area contributed by atoms with Crippen molar-refractivity contribution in [1.29, 1.82) is 0 Å². The summed E-state index contributed by atoms with van der Waals surface area (Å²) in [6, 6.07) is 15.2. The maximum atomic E-state index is 12.9. The molecule has 106 valence electrons. The molecule has 0 aliphatic heterocycles. The van der Waals surface area contributed by atoms with Crippen molar-refractivity contribution < 1.29 is 4.39 Å². The van der Waals surface area contributed by atoms with E-state index >= 15 is 0 Å². The molecule has 1 nitrogen and oxygen atoms in total. The number of rotatable bonds is 6. The van der Waals surface area contributed by atoms with Crippen molar-refractivity contribution in [3.05, 3.63) is 59.9 Å². The molecule has 0 heterocycles. The van der Waals surface area contributed by atoms with Crippen molar-refractivity contribution in [1.82, 2.24) is 5.32 Å². The van der Waals surface area contributed by atoms with Gasteiger partial charge < -0.3 is 5.32 Å². The highest BCUT2D eigenvalue weighted by Gasteiger charge is 2.05. The van der Waals surface area contributed by atoms with Gasteiger partial charge >= 0.3 is 0 Å². The molecule has 1 atom stereocenters. The van der Waals surface area contributed by atoms with E-state index in [0.29, 0.717) is 5.92 Å². The summed E-state index contributed by atoms with van der Waals surface area (Å²) in [6.45, 7) is 6.46. The van der Waals surface area contributed by atoms with Gasteiger partial charge in [-0.25, -0.2) is 4.39 Å². The Kier molecular flexibility index (Phi) is 5.31. The second-order valence-electron chi connectivity index (χ2n) is 5.17. The first-order valence-electron chi connectivity index (χ1n) is 7.27. The summed E-state index contributed by atoms with van der Waals surface area (Å²) < 4.78 is 12.9. The summed E-state index contributed by atoms with van der Waals surface area (Å²) in [4.78, 5) is 0. The smallest absolute Gasteiger partial charge is 0.123 e. The minimum atomic E-state index is -0.192. The number of nitrogens with one attached hydrogen (secondary N) is 1. The zero-order valence-electron chi connectivity index (χ0n) is 12.2. The number of halogens is 1. The lowest BCUT2D eigenvalue weighted by Gasteiger charge is -2.13. The Hall–Kier alpha value is -1.67. The molecule has 0 fully saturated rings. The summed E-state index contributed by atoms with van der Waals surface area (Å²) in [6.07, 6.45) is 1.14. The first-order chi connectivity index (χ1) is 9.70. The first kappa shape index (κ1) is 14.7. The summed E-state index contributed by atoms with van der Waals surface area (Å²) in [5.74, 6) is 0.360. The molecule has 0 amide bonds. The molecule has 0 saturated carbocycles. The van der Waals surface area contributed by atoms with Crippen molar-refractivity contribution >= 4 is 0 Å². The average molecular weight is 271 g/mol. The highest BCUT2D eigenvalue weighted by atomic mass is 19.1. The van der Waals surface area contributed by atoms with Crippen LogP contribution in [0.5, 0.6) is 0 Å². The molecule has 1 N–H and O–H groups in total. The predicted octanol–water partition coefficient (Wildman–Crippen LogP) is 4.60. The van der Waals surface area contributed by atoms with Crippen LogP contribution in [0.15, 0.2) is 48.5 Å². The monoisotopic (exact) mass is 271 g/mol. The molecule has 0 saturated heterocycles. The zero-order chi connectivity index (χ0) is 14.4. The topological polar surface area (TPSA) is 12.0 Å². The Morgan fingerprint density at radius 2 is 1.50 bits per heavy atom. The van der Waals surface area contributed by atoms with E-state index in [-0.39, 0.29) is 5.82 Å². The standard InChI is InChI=1S/C18H22FN/c1-3-20-13-12-14(2)15-4-6-16(7-5-15)17-8-10-18(19)11-9-17/h4-11,14,20H,3,12-13H2,1-2H3. The van der Waals surface area contributed by atoms with Gasteiger partial charge in [0.25, 0.3) is 0 Å². The Balaban J connectivity index is 2.04. The van der Waals surface area contributed by atoms with Gasteiger partial charge in [-0.05, 0) is 54.3 Å². The molecule has 0 aliphatic carbocycles. The number of benzene rings is 2. The van der Waals surface area contributed by atoms with Gasteiger partial charge in [0.15, 0.2) is 0 Å². The van der Waals surface area contributed by atoms with Crippen LogP contribution >= 0.6 is 0 Å². The van der Waals surface area contributed by atoms with E-state index in [4.69, 9.17) is 0 Å². The summed E-state index contributed by atoms with van der Waals surface area (Å²) >= 11 is 0. The van der Waals surface area contributed by atoms with Crippen LogP contribution in [0.25, 0.3) is 11.1 Å². The fourth-order valence-electron chi connectivity index (χ4n) is 2.31. The van der Waals surface area contributed by atoms with Gasteiger partial charge in [-0.3, -0.25) is 0 Å². The van der Waals surface area contributed by atoms with Crippen LogP contribution in [-0.2, 0) is 0 Å². The fraction of sp³-hybridized carbons (Fsp3) is 0.333. The Morgan fingerprint density at radius 3 is 2.05 bits per heavy atom. The van der Waals surface area contributed by atoms with Gasteiger partial charge in [-0.2, -0.15) is 0 Å². The van der Waals surface area contributed by atoms with E-state index in [1.165, 1.54) is 17.7 Å². The molecule has 0 aromatic heterocycles. The fourth-order valence-corrected chi connectivity index (χ4v) is 2.31. The van der Waals surface area contributed by atoms with Gasteiger partial charge in [0.1, 0.15) is 5.82 Å². The quantitative estimate of drug-likeness (QED) is 0.757. The minimum absolute atomic E-state index is 0.192. The SMILES string of the molecule is CCNCCC(C)c1ccc(-c2ccc(F)cc2)cc1. The Bertz CT molecular complexity index is 516. The van der Waals surface area contributed by atoms with Crippen LogP contribution in [0.1, 0.15) is 31.7 Å². The third-order valence-corrected chi connectivity index (χ3v) is 3.66. The minimum Gasteiger partial charge on any atom is -0.317 e. The lowest BCUT2D eigenvalue weighted by Crippen LogP contribution is -2.15. The van der Waals surface area contributed by atoms with Crippen molar-refractivity contribution in [2.24, 2.45) is 0 Å². The van der Waals surface area contributed by atoms with Gasteiger partial charge in [-0.1, -0.05) is 50.2 Å². The third kappa shape index (κ3) is 3.91. The average Bonchev–Trinajstić information content (AvgIpc) is 2.48. The van der Waals surface area contributed by atoms with Gasteiger partial charge in [0.05, 0.1) is 0 Å². The lowest BCUT2D eigenvalue weighted by atomic mass is 9.95. The van der Waals surface area contributed by atoms with E-state index in [1.807, 2.05) is 12.1 Å². The van der Waals surface area contributed by atoms with Crippen LogP contribution in [-0.4, -0.2) is 13.1 Å². The number of hydrogen-bond acceptors (Lipinski definition) is 1. The van der Waals surface area contributed by atoms with Crippen LogP contribution in [0.4, 0.5) is 4.39 Å². The molecular weight excluding hydrogens is 249 g/mol. The molecule has 0 bridgehead atoms. The molecule has 1 unspecified atom stereocenters.